The predicted octanol–water partition coefficient (Wildman–Crippen LogP) is 0.0118. The summed E-state index contributed by atoms with van der Waals surface area (Å²) in [6.07, 6.45) is 0. The van der Waals surface area contributed by atoms with Crippen LogP contribution in [0.2, 0.25) is 0 Å². The van der Waals surface area contributed by atoms with Gasteiger partial charge in [0.2, 0.25) is 0 Å². The predicted molar refractivity (Wildman–Crippen MR) is 35.3 cm³/mol. The fourth-order valence-corrected chi connectivity index (χ4v) is 1.00. The van der Waals surface area contributed by atoms with Crippen molar-refractivity contribution in [3.8, 4) is 0 Å². The molecule has 1 atom stereocenters. The van der Waals surface area contributed by atoms with Gasteiger partial charge in [0.05, 0.1) is 0 Å². The van der Waals surface area contributed by atoms with E-state index in [1.54, 1.807) is 6.92 Å². The standard InChI is InChI=1S/C4H12N2OS/c1-2-8(6,7)4-3-5/h6H,2-5H2,1H3. The van der Waals surface area contributed by atoms with Crippen molar-refractivity contribution in [2.75, 3.05) is 18.1 Å². The van der Waals surface area contributed by atoms with Gasteiger partial charge in [0.1, 0.15) is 0 Å². The Kier molecular flexibility index (Phi) is 3.01. The third-order valence-corrected chi connectivity index (χ3v) is 2.74. The molecule has 0 aromatic heterocycles. The molecule has 0 aliphatic carbocycles. The van der Waals surface area contributed by atoms with E-state index < -0.39 is 9.73 Å². The van der Waals surface area contributed by atoms with Crippen molar-refractivity contribution >= 4 is 9.73 Å². The molecule has 4 heteroatoms. The van der Waals surface area contributed by atoms with Gasteiger partial charge in [0.15, 0.2) is 0 Å². The second-order valence-electron chi connectivity index (χ2n) is 1.59. The number of rotatable bonds is 3. The molecule has 0 heterocycles. The fraction of sp³-hybridized carbons (Fsp3) is 1.00. The third-order valence-electron chi connectivity index (χ3n) is 0.914. The molecule has 3 nitrogen and oxygen atoms in total. The molecule has 0 aromatic carbocycles. The summed E-state index contributed by atoms with van der Waals surface area (Å²) < 4.78 is 17.8. The summed E-state index contributed by atoms with van der Waals surface area (Å²) in [5.41, 5.74) is 5.09. The van der Waals surface area contributed by atoms with Crippen LogP contribution in [0.25, 0.3) is 0 Å². The van der Waals surface area contributed by atoms with Crippen molar-refractivity contribution in [1.29, 1.82) is 4.78 Å². The van der Waals surface area contributed by atoms with E-state index in [1.807, 2.05) is 0 Å². The average Bonchev–Trinajstić information content (AvgIpc) is 1.67. The molecular weight excluding hydrogens is 124 g/mol. The Morgan fingerprint density at radius 2 is 2.25 bits per heavy atom. The van der Waals surface area contributed by atoms with E-state index in [4.69, 9.17) is 10.5 Å². The van der Waals surface area contributed by atoms with Gasteiger partial charge in [0.25, 0.3) is 0 Å². The highest BCUT2D eigenvalue weighted by Gasteiger charge is 1.97. The summed E-state index contributed by atoms with van der Waals surface area (Å²) in [6.45, 7) is 2.10. The van der Waals surface area contributed by atoms with Crippen molar-refractivity contribution in [2.24, 2.45) is 5.73 Å². The molecule has 0 saturated carbocycles. The molecule has 0 radical (unpaired) electrons. The van der Waals surface area contributed by atoms with Gasteiger partial charge in [-0.3, -0.25) is 4.78 Å². The molecule has 0 spiro atoms. The molecule has 0 bridgehead atoms. The van der Waals surface area contributed by atoms with Gasteiger partial charge in [-0.2, -0.15) is 0 Å². The highest BCUT2D eigenvalue weighted by Crippen LogP contribution is 1.86. The lowest BCUT2D eigenvalue weighted by molar-refractivity contribution is 0.675. The Morgan fingerprint density at radius 3 is 2.38 bits per heavy atom. The van der Waals surface area contributed by atoms with Crippen LogP contribution in [-0.4, -0.2) is 22.3 Å². The smallest absolute Gasteiger partial charge is 0.0451 e. The van der Waals surface area contributed by atoms with Crippen molar-refractivity contribution in [2.45, 2.75) is 6.92 Å². The molecule has 0 aromatic rings. The second kappa shape index (κ2) is 3.04. The summed E-state index contributed by atoms with van der Waals surface area (Å²) in [4.78, 5) is 0. The third kappa shape index (κ3) is 2.98. The van der Waals surface area contributed by atoms with Crippen LogP contribution in [-0.2, 0) is 9.73 Å². The van der Waals surface area contributed by atoms with E-state index in [9.17, 15) is 4.21 Å². The first kappa shape index (κ1) is 7.91. The van der Waals surface area contributed by atoms with E-state index in [-0.39, 0.29) is 0 Å². The molecule has 8 heavy (non-hydrogen) atoms. The molecular formula is C4H12N2OS. The molecule has 0 rings (SSSR count). The molecule has 1 unspecified atom stereocenters. The topological polar surface area (TPSA) is 66.9 Å². The van der Waals surface area contributed by atoms with Gasteiger partial charge in [0, 0.05) is 27.8 Å². The molecule has 3 N–H and O–H groups in total. The summed E-state index contributed by atoms with van der Waals surface area (Å²) in [7, 11) is -2.29. The Labute approximate surface area is 50.2 Å². The number of nitrogens with one attached hydrogen (secondary N) is 1. The lowest BCUT2D eigenvalue weighted by Gasteiger charge is -1.98. The lowest BCUT2D eigenvalue weighted by atomic mass is 10.8. The van der Waals surface area contributed by atoms with Crippen LogP contribution in [0, 0.1) is 4.78 Å². The van der Waals surface area contributed by atoms with Crippen LogP contribution in [0.5, 0.6) is 0 Å². The van der Waals surface area contributed by atoms with Gasteiger partial charge < -0.3 is 5.73 Å². The van der Waals surface area contributed by atoms with Gasteiger partial charge in [-0.05, 0) is 0 Å². The van der Waals surface area contributed by atoms with Gasteiger partial charge in [-0.15, -0.1) is 0 Å². The largest absolute Gasteiger partial charge is 0.330 e. The van der Waals surface area contributed by atoms with Crippen LogP contribution in [0.15, 0.2) is 0 Å². The summed E-state index contributed by atoms with van der Waals surface area (Å²) >= 11 is 0. The Hall–Kier alpha value is -0.0900. The van der Waals surface area contributed by atoms with Crippen LogP contribution in [0.3, 0.4) is 0 Å². The van der Waals surface area contributed by atoms with Gasteiger partial charge in [-0.1, -0.05) is 6.92 Å². The van der Waals surface area contributed by atoms with E-state index >= 15 is 0 Å². The Bertz CT molecular complexity index is 138. The second-order valence-corrected chi connectivity index (χ2v) is 4.20. The van der Waals surface area contributed by atoms with Crippen molar-refractivity contribution in [3.05, 3.63) is 0 Å². The van der Waals surface area contributed by atoms with E-state index in [2.05, 4.69) is 0 Å². The van der Waals surface area contributed by atoms with Gasteiger partial charge >= 0.3 is 0 Å². The van der Waals surface area contributed by atoms with Crippen LogP contribution in [0.1, 0.15) is 6.92 Å². The first-order chi connectivity index (χ1) is 3.62. The summed E-state index contributed by atoms with van der Waals surface area (Å²) in [5.74, 6) is 0.758. The van der Waals surface area contributed by atoms with Crippen molar-refractivity contribution in [1.82, 2.24) is 0 Å². The normalized spacial score (nSPS) is 17.8. The van der Waals surface area contributed by atoms with E-state index in [0.29, 0.717) is 18.1 Å². The quantitative estimate of drug-likeness (QED) is 0.574. The minimum Gasteiger partial charge on any atom is -0.330 e. The minimum atomic E-state index is -2.29. The zero-order valence-corrected chi connectivity index (χ0v) is 5.83. The summed E-state index contributed by atoms with van der Waals surface area (Å²) in [6, 6.07) is 0. The lowest BCUT2D eigenvalue weighted by Crippen LogP contribution is -2.15. The van der Waals surface area contributed by atoms with E-state index in [0.717, 1.165) is 0 Å². The zero-order chi connectivity index (χ0) is 6.62. The monoisotopic (exact) mass is 136 g/mol. The van der Waals surface area contributed by atoms with Crippen LogP contribution in [0.4, 0.5) is 0 Å². The Balaban J connectivity index is 3.76. The summed E-state index contributed by atoms with van der Waals surface area (Å²) in [5, 5.41) is 0. The first-order valence-corrected chi connectivity index (χ1v) is 4.46. The van der Waals surface area contributed by atoms with E-state index in [1.165, 1.54) is 0 Å². The SMILES string of the molecule is CCS(=N)(=O)CCN. The molecule has 0 aliphatic heterocycles. The Morgan fingerprint density at radius 1 is 1.75 bits per heavy atom. The van der Waals surface area contributed by atoms with Crippen molar-refractivity contribution < 1.29 is 4.21 Å². The maximum absolute atomic E-state index is 10.7. The molecule has 0 fully saturated rings. The van der Waals surface area contributed by atoms with Crippen molar-refractivity contribution in [3.63, 3.8) is 0 Å². The van der Waals surface area contributed by atoms with Gasteiger partial charge in [-0.25, -0.2) is 4.21 Å². The number of nitrogens with two attached hydrogens (primary N) is 1. The maximum Gasteiger partial charge on any atom is 0.0451 e. The zero-order valence-electron chi connectivity index (χ0n) is 5.02. The number of hydrogen-bond donors (Lipinski definition) is 2. The fourth-order valence-electron chi connectivity index (χ4n) is 0.335. The molecule has 0 saturated heterocycles. The highest BCUT2D eigenvalue weighted by atomic mass is 32.2. The first-order valence-electron chi connectivity index (χ1n) is 2.56. The molecule has 0 amide bonds. The highest BCUT2D eigenvalue weighted by molar-refractivity contribution is 7.92. The maximum atomic E-state index is 10.7. The van der Waals surface area contributed by atoms with Crippen LogP contribution >= 0.6 is 0 Å². The minimum absolute atomic E-state index is 0.337. The number of hydrogen-bond acceptors (Lipinski definition) is 3. The van der Waals surface area contributed by atoms with Crippen LogP contribution < -0.4 is 5.73 Å². The molecule has 0 aliphatic rings. The molecule has 50 valence electrons. The average molecular weight is 136 g/mol.